The lowest BCUT2D eigenvalue weighted by atomic mass is 9.96. The summed E-state index contributed by atoms with van der Waals surface area (Å²) in [6.45, 7) is 1.44. The SMILES string of the molecule is N#C/N=C(\NC[C@@H](C=O)NC(=O)c1c(Cl)cc2c(c1Cl)CCN(C(=O)c1cc3[nH]ncc3s1)C2)N1CC[C@H](O)C1. The van der Waals surface area contributed by atoms with Crippen LogP contribution >= 0.6 is 34.5 Å². The lowest BCUT2D eigenvalue weighted by molar-refractivity contribution is -0.109. The van der Waals surface area contributed by atoms with Crippen LogP contribution in [0.4, 0.5) is 0 Å². The van der Waals surface area contributed by atoms with Gasteiger partial charge < -0.3 is 30.3 Å². The summed E-state index contributed by atoms with van der Waals surface area (Å²) in [5.41, 5.74) is 2.32. The summed E-state index contributed by atoms with van der Waals surface area (Å²) in [4.78, 5) is 45.8. The number of aliphatic imine (C=N–C) groups is 1. The number of H-pyrrole nitrogens is 1. The van der Waals surface area contributed by atoms with Gasteiger partial charge in [-0.1, -0.05) is 23.2 Å². The van der Waals surface area contributed by atoms with Crippen molar-refractivity contribution in [3.63, 3.8) is 0 Å². The number of halogens is 2. The number of carbonyl (C=O) groups is 3. The summed E-state index contributed by atoms with van der Waals surface area (Å²) >= 11 is 14.5. The molecule has 2 aliphatic rings. The second-order valence-electron chi connectivity index (χ2n) is 9.44. The second kappa shape index (κ2) is 11.8. The van der Waals surface area contributed by atoms with E-state index in [-0.39, 0.29) is 40.6 Å². The molecule has 4 heterocycles. The average Bonchev–Trinajstić information content (AvgIpc) is 3.66. The van der Waals surface area contributed by atoms with Crippen molar-refractivity contribution in [2.24, 2.45) is 4.99 Å². The molecule has 2 amide bonds. The van der Waals surface area contributed by atoms with Gasteiger partial charge in [0.2, 0.25) is 12.2 Å². The van der Waals surface area contributed by atoms with Crippen LogP contribution in [0.25, 0.3) is 10.2 Å². The van der Waals surface area contributed by atoms with E-state index in [1.807, 2.05) is 0 Å². The number of likely N-dealkylation sites (tertiary alicyclic amines) is 1. The van der Waals surface area contributed by atoms with Crippen LogP contribution in [0.1, 0.15) is 37.6 Å². The van der Waals surface area contributed by atoms with E-state index in [1.165, 1.54) is 11.3 Å². The van der Waals surface area contributed by atoms with Gasteiger partial charge >= 0.3 is 0 Å². The number of aliphatic hydroxyl groups is 1. The highest BCUT2D eigenvalue weighted by Crippen LogP contribution is 2.35. The number of benzene rings is 1. The Morgan fingerprint density at radius 2 is 2.17 bits per heavy atom. The van der Waals surface area contributed by atoms with E-state index in [0.717, 1.165) is 21.3 Å². The highest BCUT2D eigenvalue weighted by molar-refractivity contribution is 7.20. The van der Waals surface area contributed by atoms with Gasteiger partial charge in [0.15, 0.2) is 0 Å². The van der Waals surface area contributed by atoms with E-state index >= 15 is 0 Å². The number of β-amino-alcohol motifs (C(OH)–C–C–N with tert-alkyl or cyclic N) is 1. The Morgan fingerprint density at radius 1 is 1.35 bits per heavy atom. The number of amides is 2. The number of nitrogens with zero attached hydrogens (tertiary/aromatic N) is 5. The number of hydrogen-bond acceptors (Lipinski definition) is 8. The molecule has 0 saturated carbocycles. The number of guanidine groups is 1. The summed E-state index contributed by atoms with van der Waals surface area (Å²) in [6, 6.07) is 2.43. The fourth-order valence-corrected chi connectivity index (χ4v) is 6.54. The topological polar surface area (TPSA) is 167 Å². The first-order valence-corrected chi connectivity index (χ1v) is 14.0. The standard InChI is InChI=1S/C25H24Cl2N8O4S/c26-17-5-13-9-34(24(39)19-6-18-20(40-19)8-31-33-18)4-2-16(13)22(27)21(17)23(38)32-14(11-36)7-29-25(30-12-28)35-3-1-15(37)10-35/h5-6,8,11,14-15,37H,1-4,7,9-10H2,(H,29,30)(H,31,33)(H,32,38)/t14-,15-/m0/s1. The van der Waals surface area contributed by atoms with Crippen LogP contribution in [0, 0.1) is 11.5 Å². The third-order valence-corrected chi connectivity index (χ3v) is 8.61. The number of thiophene rings is 1. The number of nitrogens with one attached hydrogen (secondary N) is 3. The normalized spacial score (nSPS) is 17.9. The summed E-state index contributed by atoms with van der Waals surface area (Å²) < 4.78 is 0.898. The third-order valence-electron chi connectivity index (χ3n) is 6.84. The first-order valence-electron chi connectivity index (χ1n) is 12.4. The molecule has 0 bridgehead atoms. The van der Waals surface area contributed by atoms with Crippen LogP contribution in [0.15, 0.2) is 23.3 Å². The summed E-state index contributed by atoms with van der Waals surface area (Å²) in [6.07, 6.45) is 4.36. The van der Waals surface area contributed by atoms with Crippen LogP contribution in [-0.2, 0) is 17.8 Å². The predicted octanol–water partition coefficient (Wildman–Crippen LogP) is 1.92. The maximum atomic E-state index is 13.2. The number of aldehydes is 1. The van der Waals surface area contributed by atoms with Crippen molar-refractivity contribution in [3.05, 3.63) is 49.9 Å². The fourth-order valence-electron chi connectivity index (χ4n) is 4.82. The molecule has 40 heavy (non-hydrogen) atoms. The molecule has 2 atom stereocenters. The molecule has 1 fully saturated rings. The van der Waals surface area contributed by atoms with Crippen LogP contribution < -0.4 is 10.6 Å². The van der Waals surface area contributed by atoms with Crippen molar-refractivity contribution in [3.8, 4) is 6.19 Å². The highest BCUT2D eigenvalue weighted by atomic mass is 35.5. The Hall–Kier alpha value is -3.70. The molecule has 5 rings (SSSR count). The van der Waals surface area contributed by atoms with Gasteiger partial charge in [-0.3, -0.25) is 14.7 Å². The molecular weight excluding hydrogens is 579 g/mol. The van der Waals surface area contributed by atoms with Gasteiger partial charge in [-0.25, -0.2) is 0 Å². The number of nitriles is 1. The van der Waals surface area contributed by atoms with Crippen molar-refractivity contribution in [1.29, 1.82) is 5.26 Å². The fraction of sp³-hybridized carbons (Fsp3) is 0.360. The van der Waals surface area contributed by atoms with Gasteiger partial charge in [-0.15, -0.1) is 16.3 Å². The van der Waals surface area contributed by atoms with Gasteiger partial charge in [0.1, 0.15) is 12.3 Å². The van der Waals surface area contributed by atoms with Crippen LogP contribution in [0.2, 0.25) is 10.0 Å². The van der Waals surface area contributed by atoms with Gasteiger partial charge in [0.05, 0.1) is 43.0 Å². The van der Waals surface area contributed by atoms with E-state index in [1.54, 1.807) is 34.3 Å². The summed E-state index contributed by atoms with van der Waals surface area (Å²) in [5, 5.41) is 31.4. The Morgan fingerprint density at radius 3 is 2.88 bits per heavy atom. The first kappa shape index (κ1) is 27.9. The summed E-state index contributed by atoms with van der Waals surface area (Å²) in [7, 11) is 0. The molecular formula is C25H24Cl2N8O4S. The van der Waals surface area contributed by atoms with Crippen molar-refractivity contribution < 1.29 is 19.5 Å². The number of fused-ring (bicyclic) bond motifs is 2. The zero-order valence-corrected chi connectivity index (χ0v) is 23.3. The van der Waals surface area contributed by atoms with Crippen molar-refractivity contribution in [1.82, 2.24) is 30.6 Å². The Balaban J connectivity index is 1.26. The van der Waals surface area contributed by atoms with E-state index < -0.39 is 18.1 Å². The zero-order chi connectivity index (χ0) is 28.4. The first-order chi connectivity index (χ1) is 19.3. The number of aliphatic hydroxyl groups excluding tert-OH is 1. The molecule has 3 aromatic rings. The Bertz CT molecular complexity index is 1520. The van der Waals surface area contributed by atoms with E-state index in [9.17, 15) is 19.5 Å². The lowest BCUT2D eigenvalue weighted by Gasteiger charge is -2.30. The van der Waals surface area contributed by atoms with Gasteiger partial charge in [-0.2, -0.15) is 10.4 Å². The highest BCUT2D eigenvalue weighted by Gasteiger charge is 2.29. The van der Waals surface area contributed by atoms with E-state index in [0.29, 0.717) is 43.6 Å². The van der Waals surface area contributed by atoms with Crippen molar-refractivity contribution >= 4 is 68.8 Å². The molecule has 0 aliphatic carbocycles. The van der Waals surface area contributed by atoms with Crippen molar-refractivity contribution in [2.75, 3.05) is 26.2 Å². The average molecular weight is 603 g/mol. The summed E-state index contributed by atoms with van der Waals surface area (Å²) in [5.74, 6) is -0.535. The molecule has 208 valence electrons. The van der Waals surface area contributed by atoms with Gasteiger partial charge in [0, 0.05) is 32.7 Å². The molecule has 1 saturated heterocycles. The molecule has 2 aliphatic heterocycles. The number of carbonyl (C=O) groups excluding carboxylic acids is 3. The predicted molar refractivity (Wildman–Crippen MR) is 149 cm³/mol. The quantitative estimate of drug-likeness (QED) is 0.144. The Labute approximate surface area is 242 Å². The van der Waals surface area contributed by atoms with Crippen LogP contribution in [-0.4, -0.2) is 87.5 Å². The smallest absolute Gasteiger partial charge is 0.264 e. The number of aromatic nitrogens is 2. The van der Waals surface area contributed by atoms with Gasteiger partial charge in [0.25, 0.3) is 11.8 Å². The molecule has 0 radical (unpaired) electrons. The molecule has 0 spiro atoms. The largest absolute Gasteiger partial charge is 0.391 e. The monoisotopic (exact) mass is 602 g/mol. The lowest BCUT2D eigenvalue weighted by Crippen LogP contribution is -2.48. The number of hydrogen-bond donors (Lipinski definition) is 4. The molecule has 15 heteroatoms. The van der Waals surface area contributed by atoms with Crippen molar-refractivity contribution in [2.45, 2.75) is 31.5 Å². The molecule has 12 nitrogen and oxygen atoms in total. The van der Waals surface area contributed by atoms with Crippen LogP contribution in [0.3, 0.4) is 0 Å². The maximum Gasteiger partial charge on any atom is 0.264 e. The maximum absolute atomic E-state index is 13.2. The van der Waals surface area contributed by atoms with E-state index in [2.05, 4.69) is 25.8 Å². The molecule has 0 unspecified atom stereocenters. The number of rotatable bonds is 6. The minimum Gasteiger partial charge on any atom is -0.391 e. The van der Waals surface area contributed by atoms with Crippen LogP contribution in [0.5, 0.6) is 0 Å². The van der Waals surface area contributed by atoms with E-state index in [4.69, 9.17) is 28.5 Å². The molecule has 4 N–H and O–H groups in total. The zero-order valence-electron chi connectivity index (χ0n) is 21.0. The second-order valence-corrected chi connectivity index (χ2v) is 11.3. The number of aromatic amines is 1. The van der Waals surface area contributed by atoms with Gasteiger partial charge in [-0.05, 0) is 36.1 Å². The third kappa shape index (κ3) is 5.62. The molecule has 2 aromatic heterocycles. The Kier molecular flexibility index (Phi) is 8.22. The minimum atomic E-state index is -0.979. The minimum absolute atomic E-state index is 0.0438. The molecule has 1 aromatic carbocycles.